The molecule has 0 bridgehead atoms. The van der Waals surface area contributed by atoms with E-state index in [9.17, 15) is 0 Å². The van der Waals surface area contributed by atoms with Gasteiger partial charge in [0, 0.05) is 16.7 Å². The van der Waals surface area contributed by atoms with Crippen molar-refractivity contribution in [2.75, 3.05) is 0 Å². The lowest BCUT2D eigenvalue weighted by Gasteiger charge is -2.11. The van der Waals surface area contributed by atoms with E-state index >= 15 is 0 Å². The normalized spacial score (nSPS) is 11.1. The van der Waals surface area contributed by atoms with Gasteiger partial charge < -0.3 is 0 Å². The average molecular weight is 512 g/mol. The van der Waals surface area contributed by atoms with Crippen LogP contribution in [0.5, 0.6) is 0 Å². The van der Waals surface area contributed by atoms with E-state index in [1.165, 1.54) is 59.1 Å². The molecule has 0 radical (unpaired) electrons. The number of aryl methyl sites for hydroxylation is 4. The number of rotatable bonds is 9. The Kier molecular flexibility index (Phi) is 8.27. The van der Waals surface area contributed by atoms with Crippen molar-refractivity contribution in [3.8, 4) is 45.3 Å². The molecule has 3 nitrogen and oxygen atoms in total. The molecular formula is C36H37N3. The van der Waals surface area contributed by atoms with Gasteiger partial charge in [-0.15, -0.1) is 0 Å². The minimum Gasteiger partial charge on any atom is -0.208 e. The first-order valence-corrected chi connectivity index (χ1v) is 14.1. The van der Waals surface area contributed by atoms with Gasteiger partial charge in [-0.25, -0.2) is 15.0 Å². The number of aromatic nitrogens is 3. The zero-order valence-electron chi connectivity index (χ0n) is 23.5. The summed E-state index contributed by atoms with van der Waals surface area (Å²) in [7, 11) is 0. The Labute approximate surface area is 233 Å². The Balaban J connectivity index is 1.53. The van der Waals surface area contributed by atoms with Gasteiger partial charge in [-0.3, -0.25) is 0 Å². The van der Waals surface area contributed by atoms with Crippen LogP contribution in [0.1, 0.15) is 54.9 Å². The van der Waals surface area contributed by atoms with E-state index in [0.29, 0.717) is 17.5 Å². The summed E-state index contributed by atoms with van der Waals surface area (Å²) >= 11 is 0. The van der Waals surface area contributed by atoms with Crippen molar-refractivity contribution in [1.82, 2.24) is 15.0 Å². The fourth-order valence-electron chi connectivity index (χ4n) is 4.87. The van der Waals surface area contributed by atoms with Gasteiger partial charge >= 0.3 is 0 Å². The fraction of sp³-hybridized carbons (Fsp3) is 0.250. The first-order valence-electron chi connectivity index (χ1n) is 14.1. The number of unbranched alkanes of at least 4 members (excludes halogenated alkanes) is 3. The van der Waals surface area contributed by atoms with Gasteiger partial charge in [0.05, 0.1) is 0 Å². The molecule has 1 heterocycles. The van der Waals surface area contributed by atoms with Crippen molar-refractivity contribution >= 4 is 0 Å². The van der Waals surface area contributed by atoms with Crippen LogP contribution in [0.4, 0.5) is 0 Å². The molecule has 0 spiro atoms. The molecule has 39 heavy (non-hydrogen) atoms. The number of hydrogen-bond acceptors (Lipinski definition) is 3. The average Bonchev–Trinajstić information content (AvgIpc) is 2.96. The molecule has 1 aromatic heterocycles. The topological polar surface area (TPSA) is 38.7 Å². The van der Waals surface area contributed by atoms with Crippen molar-refractivity contribution in [2.45, 2.75) is 59.8 Å². The lowest BCUT2D eigenvalue weighted by molar-refractivity contribution is 0.667. The highest BCUT2D eigenvalue weighted by Crippen LogP contribution is 2.30. The summed E-state index contributed by atoms with van der Waals surface area (Å²) in [5.41, 5.74) is 10.4. The van der Waals surface area contributed by atoms with E-state index in [4.69, 9.17) is 15.0 Å². The van der Waals surface area contributed by atoms with Gasteiger partial charge in [0.1, 0.15) is 0 Å². The maximum atomic E-state index is 4.96. The highest BCUT2D eigenvalue weighted by atomic mass is 15.0. The predicted octanol–water partition coefficient (Wildman–Crippen LogP) is 9.59. The van der Waals surface area contributed by atoms with Crippen LogP contribution in [0, 0.1) is 20.8 Å². The van der Waals surface area contributed by atoms with Gasteiger partial charge in [0.2, 0.25) is 0 Å². The molecule has 5 aromatic rings. The first kappa shape index (κ1) is 26.5. The third-order valence-corrected chi connectivity index (χ3v) is 7.20. The predicted molar refractivity (Wildman–Crippen MR) is 164 cm³/mol. The molecule has 5 rings (SSSR count). The summed E-state index contributed by atoms with van der Waals surface area (Å²) < 4.78 is 0. The molecule has 0 aliphatic heterocycles. The number of hydrogen-bond donors (Lipinski definition) is 0. The Morgan fingerprint density at radius 1 is 0.436 bits per heavy atom. The number of benzene rings is 4. The van der Waals surface area contributed by atoms with Crippen LogP contribution in [0.3, 0.4) is 0 Å². The van der Waals surface area contributed by atoms with Crippen LogP contribution in [-0.2, 0) is 6.42 Å². The van der Waals surface area contributed by atoms with Crippen molar-refractivity contribution in [3.63, 3.8) is 0 Å². The highest BCUT2D eigenvalue weighted by Gasteiger charge is 2.14. The Hall–Kier alpha value is -4.11. The Morgan fingerprint density at radius 2 is 0.923 bits per heavy atom. The van der Waals surface area contributed by atoms with Crippen molar-refractivity contribution in [2.24, 2.45) is 0 Å². The van der Waals surface area contributed by atoms with Crippen LogP contribution in [0.15, 0.2) is 91.0 Å². The maximum Gasteiger partial charge on any atom is 0.164 e. The standard InChI is InChI=1S/C36H37N3/c1-5-6-7-8-9-28-14-20-29(21-15-28)32-22-27(4)23-33(24-32)36-38-34(30-16-10-25(2)11-17-30)37-35(39-36)31-18-12-26(3)13-19-31/h10-24H,5-9H2,1-4H3. The van der Waals surface area contributed by atoms with E-state index in [2.05, 4.69) is 119 Å². The lowest BCUT2D eigenvalue weighted by Crippen LogP contribution is -2.00. The summed E-state index contributed by atoms with van der Waals surface area (Å²) in [6.07, 6.45) is 6.30. The minimum atomic E-state index is 0.686. The van der Waals surface area contributed by atoms with E-state index in [1.54, 1.807) is 0 Å². The lowest BCUT2D eigenvalue weighted by atomic mass is 9.97. The smallest absolute Gasteiger partial charge is 0.164 e. The summed E-state index contributed by atoms with van der Waals surface area (Å²) in [6, 6.07) is 32.4. The summed E-state index contributed by atoms with van der Waals surface area (Å²) in [6.45, 7) is 8.58. The molecule has 0 fully saturated rings. The third kappa shape index (κ3) is 6.67. The molecule has 4 aromatic carbocycles. The van der Waals surface area contributed by atoms with Gasteiger partial charge in [0.25, 0.3) is 0 Å². The molecule has 0 atom stereocenters. The van der Waals surface area contributed by atoms with Crippen molar-refractivity contribution in [3.05, 3.63) is 113 Å². The molecule has 0 aliphatic rings. The molecular weight excluding hydrogens is 474 g/mol. The monoisotopic (exact) mass is 511 g/mol. The van der Waals surface area contributed by atoms with Crippen LogP contribution in [-0.4, -0.2) is 15.0 Å². The largest absolute Gasteiger partial charge is 0.208 e. The van der Waals surface area contributed by atoms with Gasteiger partial charge in [0.15, 0.2) is 17.5 Å². The molecule has 0 aliphatic carbocycles. The third-order valence-electron chi connectivity index (χ3n) is 7.20. The quantitative estimate of drug-likeness (QED) is 0.185. The van der Waals surface area contributed by atoms with E-state index < -0.39 is 0 Å². The fourth-order valence-corrected chi connectivity index (χ4v) is 4.87. The van der Waals surface area contributed by atoms with E-state index in [0.717, 1.165) is 23.1 Å². The van der Waals surface area contributed by atoms with Gasteiger partial charge in [-0.1, -0.05) is 116 Å². The summed E-state index contributed by atoms with van der Waals surface area (Å²) in [5, 5.41) is 0. The van der Waals surface area contributed by atoms with E-state index in [-0.39, 0.29) is 0 Å². The van der Waals surface area contributed by atoms with Crippen LogP contribution >= 0.6 is 0 Å². The second-order valence-corrected chi connectivity index (χ2v) is 10.6. The molecule has 0 N–H and O–H groups in total. The molecule has 0 saturated carbocycles. The van der Waals surface area contributed by atoms with Gasteiger partial charge in [-0.2, -0.15) is 0 Å². The number of nitrogens with zero attached hydrogens (tertiary/aromatic N) is 3. The Morgan fingerprint density at radius 3 is 1.46 bits per heavy atom. The summed E-state index contributed by atoms with van der Waals surface area (Å²) in [5.74, 6) is 2.06. The van der Waals surface area contributed by atoms with Crippen LogP contribution in [0.25, 0.3) is 45.3 Å². The summed E-state index contributed by atoms with van der Waals surface area (Å²) in [4.78, 5) is 14.8. The van der Waals surface area contributed by atoms with Crippen LogP contribution in [0.2, 0.25) is 0 Å². The molecule has 0 amide bonds. The second-order valence-electron chi connectivity index (χ2n) is 10.6. The van der Waals surface area contributed by atoms with E-state index in [1.807, 2.05) is 0 Å². The van der Waals surface area contributed by atoms with Crippen molar-refractivity contribution in [1.29, 1.82) is 0 Å². The Bertz CT molecular complexity index is 1470. The zero-order valence-corrected chi connectivity index (χ0v) is 23.5. The molecule has 196 valence electrons. The van der Waals surface area contributed by atoms with Gasteiger partial charge in [-0.05, 0) is 68.0 Å². The molecule has 0 unspecified atom stereocenters. The molecule has 0 saturated heterocycles. The molecule has 3 heteroatoms. The van der Waals surface area contributed by atoms with Crippen LogP contribution < -0.4 is 0 Å². The second kappa shape index (κ2) is 12.2. The minimum absolute atomic E-state index is 0.686. The first-order chi connectivity index (χ1) is 19.0. The van der Waals surface area contributed by atoms with Crippen molar-refractivity contribution < 1.29 is 0 Å². The SMILES string of the molecule is CCCCCCc1ccc(-c2cc(C)cc(-c3nc(-c4ccc(C)cc4)nc(-c4ccc(C)cc4)n3)c2)cc1. The highest BCUT2D eigenvalue weighted by molar-refractivity contribution is 5.73. The zero-order chi connectivity index (χ0) is 27.2. The maximum absolute atomic E-state index is 4.96.